The van der Waals surface area contributed by atoms with E-state index in [0.717, 1.165) is 10.0 Å². The Balaban J connectivity index is 1.72. The second-order valence-electron chi connectivity index (χ2n) is 6.04. The smallest absolute Gasteiger partial charge is 0.356 e. The Morgan fingerprint density at radius 2 is 2.08 bits per heavy atom. The van der Waals surface area contributed by atoms with Gasteiger partial charge in [-0.2, -0.15) is 5.10 Å². The van der Waals surface area contributed by atoms with Gasteiger partial charge in [0.05, 0.1) is 0 Å². The Bertz CT molecular complexity index is 893. The van der Waals surface area contributed by atoms with Crippen LogP contribution in [0.15, 0.2) is 28.7 Å². The van der Waals surface area contributed by atoms with Gasteiger partial charge in [0.1, 0.15) is 12.2 Å². The molecule has 0 spiro atoms. The van der Waals surface area contributed by atoms with Crippen LogP contribution in [-0.2, 0) is 11.3 Å². The number of aromatic carboxylic acids is 1. The van der Waals surface area contributed by atoms with Crippen LogP contribution in [0.25, 0.3) is 0 Å². The molecule has 3 rings (SSSR count). The third-order valence-electron chi connectivity index (χ3n) is 4.08. The number of carbonyl (C=O) groups excluding carboxylic acids is 2. The Morgan fingerprint density at radius 1 is 1.31 bits per heavy atom. The Hall–Kier alpha value is -2.68. The third-order valence-corrected chi connectivity index (χ3v) is 4.97. The molecule has 2 amide bonds. The number of aromatic nitrogens is 2. The van der Waals surface area contributed by atoms with E-state index in [2.05, 4.69) is 26.3 Å². The number of amides is 2. The minimum Gasteiger partial charge on any atom is -0.476 e. The molecule has 0 saturated carbocycles. The molecule has 1 aromatic heterocycles. The standard InChI is InChI=1S/C17H17BrN4O4/c1-10-7-11(3-4-12(10)18)19-15(23)9-21-5-2-6-22-14(16(21)24)8-13(20-22)17(25)26/h3-4,7-8H,2,5-6,9H2,1H3,(H,19,23)(H,25,26). The Labute approximate surface area is 157 Å². The fourth-order valence-corrected chi connectivity index (χ4v) is 3.03. The molecule has 9 heteroatoms. The van der Waals surface area contributed by atoms with Crippen molar-refractivity contribution in [3.63, 3.8) is 0 Å². The number of carboxylic acids is 1. The quantitative estimate of drug-likeness (QED) is 0.787. The first kappa shape index (κ1) is 18.1. The Kier molecular flexibility index (Phi) is 5.08. The molecule has 0 radical (unpaired) electrons. The molecule has 2 N–H and O–H groups in total. The maximum absolute atomic E-state index is 12.6. The largest absolute Gasteiger partial charge is 0.476 e. The maximum atomic E-state index is 12.6. The van der Waals surface area contributed by atoms with E-state index in [9.17, 15) is 14.4 Å². The van der Waals surface area contributed by atoms with E-state index < -0.39 is 11.9 Å². The molecule has 0 saturated heterocycles. The first-order valence-corrected chi connectivity index (χ1v) is 8.81. The molecule has 2 aromatic rings. The number of anilines is 1. The van der Waals surface area contributed by atoms with E-state index in [4.69, 9.17) is 5.11 Å². The van der Waals surface area contributed by atoms with Crippen molar-refractivity contribution < 1.29 is 19.5 Å². The van der Waals surface area contributed by atoms with E-state index >= 15 is 0 Å². The Morgan fingerprint density at radius 3 is 2.77 bits per heavy atom. The second-order valence-corrected chi connectivity index (χ2v) is 6.89. The molecular weight excluding hydrogens is 404 g/mol. The van der Waals surface area contributed by atoms with Gasteiger partial charge < -0.3 is 15.3 Å². The van der Waals surface area contributed by atoms with E-state index in [1.54, 1.807) is 6.07 Å². The summed E-state index contributed by atoms with van der Waals surface area (Å²) in [4.78, 5) is 37.4. The molecule has 0 bridgehead atoms. The van der Waals surface area contributed by atoms with Gasteiger partial charge >= 0.3 is 5.97 Å². The van der Waals surface area contributed by atoms with Crippen molar-refractivity contribution in [3.05, 3.63) is 45.7 Å². The fraction of sp³-hybridized carbons (Fsp3) is 0.294. The van der Waals surface area contributed by atoms with Crippen molar-refractivity contribution in [3.8, 4) is 0 Å². The molecule has 0 fully saturated rings. The summed E-state index contributed by atoms with van der Waals surface area (Å²) in [5.74, 6) is -1.90. The summed E-state index contributed by atoms with van der Waals surface area (Å²) in [7, 11) is 0. The van der Waals surface area contributed by atoms with Gasteiger partial charge in [0.15, 0.2) is 5.69 Å². The topological polar surface area (TPSA) is 105 Å². The van der Waals surface area contributed by atoms with Crippen LogP contribution < -0.4 is 5.32 Å². The van der Waals surface area contributed by atoms with Crippen molar-refractivity contribution in [2.75, 3.05) is 18.4 Å². The number of hydrogen-bond donors (Lipinski definition) is 2. The van der Waals surface area contributed by atoms with Crippen LogP contribution in [0.1, 0.15) is 33.0 Å². The van der Waals surface area contributed by atoms with Gasteiger partial charge in [-0.3, -0.25) is 14.3 Å². The maximum Gasteiger partial charge on any atom is 0.356 e. The van der Waals surface area contributed by atoms with Gasteiger partial charge in [-0.25, -0.2) is 4.79 Å². The average molecular weight is 421 g/mol. The van der Waals surface area contributed by atoms with Gasteiger partial charge in [0, 0.05) is 29.3 Å². The van der Waals surface area contributed by atoms with Crippen LogP contribution in [0.3, 0.4) is 0 Å². The first-order valence-electron chi connectivity index (χ1n) is 8.01. The summed E-state index contributed by atoms with van der Waals surface area (Å²) in [6.45, 7) is 2.64. The predicted octanol–water partition coefficient (Wildman–Crippen LogP) is 2.14. The number of hydrogen-bond acceptors (Lipinski definition) is 4. The highest BCUT2D eigenvalue weighted by molar-refractivity contribution is 9.10. The van der Waals surface area contributed by atoms with Crippen LogP contribution in [0.4, 0.5) is 5.69 Å². The number of nitrogens with one attached hydrogen (secondary N) is 1. The molecule has 0 unspecified atom stereocenters. The van der Waals surface area contributed by atoms with Crippen LogP contribution in [0, 0.1) is 6.92 Å². The van der Waals surface area contributed by atoms with E-state index in [1.807, 2.05) is 19.1 Å². The zero-order valence-corrected chi connectivity index (χ0v) is 15.6. The number of benzene rings is 1. The van der Waals surface area contributed by atoms with Crippen molar-refractivity contribution in [2.45, 2.75) is 19.9 Å². The van der Waals surface area contributed by atoms with Crippen molar-refractivity contribution >= 4 is 39.4 Å². The van der Waals surface area contributed by atoms with Crippen LogP contribution in [-0.4, -0.2) is 50.7 Å². The number of nitrogens with zero attached hydrogens (tertiary/aromatic N) is 3. The average Bonchev–Trinajstić information content (AvgIpc) is 2.95. The molecule has 2 heterocycles. The number of carbonyl (C=O) groups is 3. The number of rotatable bonds is 4. The number of fused-ring (bicyclic) bond motifs is 1. The molecule has 1 aromatic carbocycles. The summed E-state index contributed by atoms with van der Waals surface area (Å²) in [5.41, 5.74) is 1.65. The summed E-state index contributed by atoms with van der Waals surface area (Å²) in [6, 6.07) is 6.70. The molecule has 0 atom stereocenters. The van der Waals surface area contributed by atoms with Gasteiger partial charge in [0.2, 0.25) is 5.91 Å². The van der Waals surface area contributed by atoms with Gasteiger partial charge in [-0.15, -0.1) is 0 Å². The second kappa shape index (κ2) is 7.28. The number of halogens is 1. The highest BCUT2D eigenvalue weighted by atomic mass is 79.9. The van der Waals surface area contributed by atoms with Gasteiger partial charge in [-0.05, 0) is 37.1 Å². The van der Waals surface area contributed by atoms with Gasteiger partial charge in [-0.1, -0.05) is 15.9 Å². The summed E-state index contributed by atoms with van der Waals surface area (Å²) in [5, 5.41) is 15.7. The molecular formula is C17H17BrN4O4. The third kappa shape index (κ3) is 3.77. The predicted molar refractivity (Wildman–Crippen MR) is 97.2 cm³/mol. The van der Waals surface area contributed by atoms with Crippen LogP contribution in [0.5, 0.6) is 0 Å². The number of aryl methyl sites for hydroxylation is 2. The van der Waals surface area contributed by atoms with Crippen molar-refractivity contribution in [1.29, 1.82) is 0 Å². The summed E-state index contributed by atoms with van der Waals surface area (Å²) >= 11 is 3.40. The van der Waals surface area contributed by atoms with Gasteiger partial charge in [0.25, 0.3) is 5.91 Å². The lowest BCUT2D eigenvalue weighted by Gasteiger charge is -2.19. The molecule has 26 heavy (non-hydrogen) atoms. The lowest BCUT2D eigenvalue weighted by molar-refractivity contribution is -0.116. The van der Waals surface area contributed by atoms with Crippen molar-refractivity contribution in [2.24, 2.45) is 0 Å². The van der Waals surface area contributed by atoms with E-state index in [0.29, 0.717) is 25.2 Å². The normalized spacial score (nSPS) is 13.9. The molecule has 8 nitrogen and oxygen atoms in total. The minimum absolute atomic E-state index is 0.110. The highest BCUT2D eigenvalue weighted by Gasteiger charge is 2.27. The molecule has 0 aliphatic carbocycles. The molecule has 1 aliphatic rings. The summed E-state index contributed by atoms with van der Waals surface area (Å²) < 4.78 is 2.34. The monoisotopic (exact) mass is 420 g/mol. The first-order chi connectivity index (χ1) is 12.3. The zero-order valence-electron chi connectivity index (χ0n) is 14.0. The number of carboxylic acid groups (broad SMARTS) is 1. The van der Waals surface area contributed by atoms with E-state index in [1.165, 1.54) is 15.6 Å². The van der Waals surface area contributed by atoms with Crippen LogP contribution in [0.2, 0.25) is 0 Å². The van der Waals surface area contributed by atoms with Crippen molar-refractivity contribution in [1.82, 2.24) is 14.7 Å². The molecule has 1 aliphatic heterocycles. The highest BCUT2D eigenvalue weighted by Crippen LogP contribution is 2.20. The minimum atomic E-state index is -1.19. The SMILES string of the molecule is Cc1cc(NC(=O)CN2CCCn3nc(C(=O)O)cc3C2=O)ccc1Br. The lowest BCUT2D eigenvalue weighted by atomic mass is 10.2. The van der Waals surface area contributed by atoms with E-state index in [-0.39, 0.29) is 23.8 Å². The zero-order chi connectivity index (χ0) is 18.8. The fourth-order valence-electron chi connectivity index (χ4n) is 2.79. The molecule has 136 valence electrons. The van der Waals surface area contributed by atoms with Crippen LogP contribution >= 0.6 is 15.9 Å². The lowest BCUT2D eigenvalue weighted by Crippen LogP contribution is -2.38. The summed E-state index contributed by atoms with van der Waals surface area (Å²) in [6.07, 6.45) is 0.587.